The van der Waals surface area contributed by atoms with E-state index in [0.29, 0.717) is 12.0 Å². The molecule has 0 aromatic heterocycles. The molecule has 1 unspecified atom stereocenters. The van der Waals surface area contributed by atoms with Gasteiger partial charge in [0, 0.05) is 11.3 Å². The fourth-order valence-electron chi connectivity index (χ4n) is 5.72. The molecular formula is C28H32N4O8S2. The summed E-state index contributed by atoms with van der Waals surface area (Å²) >= 11 is 1.27. The van der Waals surface area contributed by atoms with E-state index in [1.807, 2.05) is 6.92 Å². The average molecular weight is 617 g/mol. The van der Waals surface area contributed by atoms with Crippen molar-refractivity contribution in [2.75, 3.05) is 6.54 Å². The number of aliphatic carboxylic acids is 1. The van der Waals surface area contributed by atoms with Gasteiger partial charge in [0.1, 0.15) is 35.3 Å². The van der Waals surface area contributed by atoms with E-state index in [4.69, 9.17) is 0 Å². The van der Waals surface area contributed by atoms with Gasteiger partial charge in [0.2, 0.25) is 27.7 Å². The van der Waals surface area contributed by atoms with Crippen molar-refractivity contribution in [3.63, 3.8) is 0 Å². The van der Waals surface area contributed by atoms with Crippen molar-refractivity contribution >= 4 is 45.5 Å². The molecule has 2 aromatic rings. The first-order valence-corrected chi connectivity index (χ1v) is 15.8. The lowest BCUT2D eigenvalue weighted by molar-refractivity contribution is -0.161. The summed E-state index contributed by atoms with van der Waals surface area (Å²) in [6.45, 7) is 5.41. The largest absolute Gasteiger partial charge is 0.508 e. The third-order valence-electron chi connectivity index (χ3n) is 7.88. The molecule has 3 aliphatic rings. The highest BCUT2D eigenvalue weighted by Gasteiger charge is 2.64. The highest BCUT2D eigenvalue weighted by atomic mass is 32.2. The third kappa shape index (κ3) is 5.22. The van der Waals surface area contributed by atoms with Gasteiger partial charge in [-0.05, 0) is 63.4 Å². The molecule has 2 aromatic carbocycles. The fourth-order valence-corrected chi connectivity index (χ4v) is 9.00. The van der Waals surface area contributed by atoms with E-state index in [2.05, 4.69) is 10.6 Å². The second-order valence-corrected chi connectivity index (χ2v) is 14.9. The van der Waals surface area contributed by atoms with Crippen molar-refractivity contribution in [3.05, 3.63) is 59.7 Å². The van der Waals surface area contributed by atoms with Crippen LogP contribution in [0.25, 0.3) is 0 Å². The van der Waals surface area contributed by atoms with Crippen molar-refractivity contribution in [1.82, 2.24) is 19.8 Å². The average Bonchev–Trinajstić information content (AvgIpc) is 3.53. The number of nitrogens with one attached hydrogen (secondary N) is 2. The zero-order valence-corrected chi connectivity index (χ0v) is 24.8. The summed E-state index contributed by atoms with van der Waals surface area (Å²) in [5.74, 6) is -3.15. The SMILES string of the molecule is Cc1ccc(S(=O)(=O)N2CCC[C@H]2C(=O)NC(C(=O)N[C@@H]2C(=O)N3[C@@H]2SC(C)(C)[C@@H]3C(=O)O)c2ccc(O)cc2)cc1. The standard InChI is InChI=1S/C28H32N4O8S2/c1-15-6-12-18(13-7-15)42(39,40)31-14-4-5-19(31)23(34)29-20(16-8-10-17(33)11-9-16)24(35)30-21-25(36)32-22(27(37)38)28(2,3)41-26(21)32/h6-13,19-22,26,33H,4-5,14H2,1-3H3,(H,29,34)(H,30,35)(H,37,38)/t19-,20?,21+,22-,26+/m0/s1. The van der Waals surface area contributed by atoms with E-state index in [9.17, 15) is 37.8 Å². The Labute approximate surface area is 247 Å². The van der Waals surface area contributed by atoms with Crippen LogP contribution < -0.4 is 10.6 Å². The van der Waals surface area contributed by atoms with Gasteiger partial charge >= 0.3 is 5.97 Å². The zero-order valence-electron chi connectivity index (χ0n) is 23.2. The van der Waals surface area contributed by atoms with Gasteiger partial charge in [0.25, 0.3) is 0 Å². The van der Waals surface area contributed by atoms with Crippen LogP contribution in [0.3, 0.4) is 0 Å². The van der Waals surface area contributed by atoms with Gasteiger partial charge in [-0.2, -0.15) is 4.31 Å². The molecule has 3 heterocycles. The quantitative estimate of drug-likeness (QED) is 0.319. The van der Waals surface area contributed by atoms with Gasteiger partial charge in [0.05, 0.1) is 4.90 Å². The highest BCUT2D eigenvalue weighted by Crippen LogP contribution is 2.50. The molecule has 3 amide bonds. The van der Waals surface area contributed by atoms with E-state index in [0.717, 1.165) is 9.87 Å². The number of hydrogen-bond donors (Lipinski definition) is 4. The van der Waals surface area contributed by atoms with Crippen LogP contribution in [-0.2, 0) is 29.2 Å². The number of hydrogen-bond acceptors (Lipinski definition) is 8. The first-order valence-electron chi connectivity index (χ1n) is 13.4. The zero-order chi connectivity index (χ0) is 30.6. The van der Waals surface area contributed by atoms with Crippen molar-refractivity contribution in [2.24, 2.45) is 0 Å². The molecule has 0 radical (unpaired) electrons. The lowest BCUT2D eigenvalue weighted by Crippen LogP contribution is -2.71. The van der Waals surface area contributed by atoms with Gasteiger partial charge in [0.15, 0.2) is 0 Å². The van der Waals surface area contributed by atoms with Crippen molar-refractivity contribution in [1.29, 1.82) is 0 Å². The minimum absolute atomic E-state index is 0.0605. The molecule has 14 heteroatoms. The summed E-state index contributed by atoms with van der Waals surface area (Å²) < 4.78 is 27.2. The number of sulfonamides is 1. The molecule has 0 spiro atoms. The summed E-state index contributed by atoms with van der Waals surface area (Å²) in [6.07, 6.45) is 0.701. The Morgan fingerprint density at radius 2 is 1.71 bits per heavy atom. The topological polar surface area (TPSA) is 173 Å². The number of carboxylic acids is 1. The Kier molecular flexibility index (Phi) is 7.75. The molecule has 3 saturated heterocycles. The highest BCUT2D eigenvalue weighted by molar-refractivity contribution is 8.01. The normalized spacial score (nSPS) is 25.8. The Balaban J connectivity index is 1.36. The Bertz CT molecular complexity index is 1530. The molecule has 3 fully saturated rings. The molecule has 42 heavy (non-hydrogen) atoms. The first-order chi connectivity index (χ1) is 19.7. The Morgan fingerprint density at radius 1 is 1.07 bits per heavy atom. The number of carbonyl (C=O) groups is 4. The monoisotopic (exact) mass is 616 g/mol. The maximum atomic E-state index is 13.6. The maximum absolute atomic E-state index is 13.6. The van der Waals surface area contributed by atoms with E-state index in [1.54, 1.807) is 26.0 Å². The number of rotatable bonds is 8. The minimum atomic E-state index is -3.99. The molecule has 0 bridgehead atoms. The molecule has 0 aliphatic carbocycles. The van der Waals surface area contributed by atoms with Crippen molar-refractivity contribution in [2.45, 2.75) is 72.8 Å². The number of carbonyl (C=O) groups excluding carboxylic acids is 3. The number of phenols is 1. The van der Waals surface area contributed by atoms with Crippen LogP contribution in [0.1, 0.15) is 43.9 Å². The molecule has 3 aliphatic heterocycles. The second kappa shape index (κ2) is 10.9. The fraction of sp³-hybridized carbons (Fsp3) is 0.429. The number of carboxylic acid groups (broad SMARTS) is 1. The van der Waals surface area contributed by atoms with E-state index in [1.165, 1.54) is 53.1 Å². The van der Waals surface area contributed by atoms with Crippen LogP contribution in [0.5, 0.6) is 5.75 Å². The van der Waals surface area contributed by atoms with E-state index < -0.39 is 68.0 Å². The summed E-state index contributed by atoms with van der Waals surface area (Å²) in [7, 11) is -3.99. The Morgan fingerprint density at radius 3 is 2.33 bits per heavy atom. The maximum Gasteiger partial charge on any atom is 0.327 e. The number of thioether (sulfide) groups is 1. The van der Waals surface area contributed by atoms with Crippen LogP contribution in [0.15, 0.2) is 53.4 Å². The molecule has 4 N–H and O–H groups in total. The first kappa shape index (κ1) is 29.9. The number of amides is 3. The molecular weight excluding hydrogens is 584 g/mol. The lowest BCUT2D eigenvalue weighted by atomic mass is 9.95. The van der Waals surface area contributed by atoms with E-state index in [-0.39, 0.29) is 23.6 Å². The second-order valence-electron chi connectivity index (χ2n) is 11.2. The number of aromatic hydroxyl groups is 1. The summed E-state index contributed by atoms with van der Waals surface area (Å²) in [6, 6.07) is 7.45. The number of fused-ring (bicyclic) bond motifs is 1. The van der Waals surface area contributed by atoms with Crippen molar-refractivity contribution in [3.8, 4) is 5.75 Å². The van der Waals surface area contributed by atoms with Crippen LogP contribution in [0.4, 0.5) is 0 Å². The third-order valence-corrected chi connectivity index (χ3v) is 11.4. The molecule has 12 nitrogen and oxygen atoms in total. The number of phenolic OH excluding ortho intramolecular Hbond substituents is 1. The number of benzene rings is 2. The van der Waals surface area contributed by atoms with Gasteiger partial charge in [-0.3, -0.25) is 14.4 Å². The van der Waals surface area contributed by atoms with Crippen LogP contribution in [0, 0.1) is 6.92 Å². The number of nitrogens with zero attached hydrogens (tertiary/aromatic N) is 2. The van der Waals surface area contributed by atoms with Crippen LogP contribution >= 0.6 is 11.8 Å². The molecule has 0 saturated carbocycles. The predicted octanol–water partition coefficient (Wildman–Crippen LogP) is 1.34. The Hall–Kier alpha value is -3.62. The molecule has 5 rings (SSSR count). The molecule has 5 atom stereocenters. The summed E-state index contributed by atoms with van der Waals surface area (Å²) in [4.78, 5) is 53.3. The van der Waals surface area contributed by atoms with Gasteiger partial charge in [-0.25, -0.2) is 13.2 Å². The van der Waals surface area contributed by atoms with Crippen LogP contribution in [0.2, 0.25) is 0 Å². The predicted molar refractivity (Wildman–Crippen MR) is 153 cm³/mol. The number of aryl methyl sites for hydroxylation is 1. The smallest absolute Gasteiger partial charge is 0.327 e. The van der Waals surface area contributed by atoms with Gasteiger partial charge in [-0.1, -0.05) is 29.8 Å². The van der Waals surface area contributed by atoms with E-state index >= 15 is 0 Å². The lowest BCUT2D eigenvalue weighted by Gasteiger charge is -2.44. The minimum Gasteiger partial charge on any atom is -0.508 e. The molecule has 224 valence electrons. The van der Waals surface area contributed by atoms with Gasteiger partial charge in [-0.15, -0.1) is 11.8 Å². The summed E-state index contributed by atoms with van der Waals surface area (Å²) in [5.41, 5.74) is 1.19. The van der Waals surface area contributed by atoms with Crippen LogP contribution in [-0.4, -0.2) is 86.3 Å². The summed E-state index contributed by atoms with van der Waals surface area (Å²) in [5, 5.41) is 24.2. The number of β-lactam (4-membered cyclic amide) rings is 1. The van der Waals surface area contributed by atoms with Gasteiger partial charge < -0.3 is 25.7 Å². The van der Waals surface area contributed by atoms with Crippen molar-refractivity contribution < 1.29 is 37.8 Å².